The summed E-state index contributed by atoms with van der Waals surface area (Å²) in [4.78, 5) is 0. The normalized spacial score (nSPS) is 37.9. The largest absolute Gasteiger partial charge is 0.381 e. The Kier molecular flexibility index (Phi) is 4.91. The Morgan fingerprint density at radius 3 is 2.47 bits per heavy atom. The van der Waals surface area contributed by atoms with Gasteiger partial charge in [-0.05, 0) is 38.0 Å². The van der Waals surface area contributed by atoms with E-state index in [0.29, 0.717) is 23.0 Å². The van der Waals surface area contributed by atoms with Gasteiger partial charge in [-0.2, -0.15) is 0 Å². The third kappa shape index (κ3) is 3.14. The van der Waals surface area contributed by atoms with Crippen molar-refractivity contribution in [2.24, 2.45) is 10.8 Å². The maximum absolute atomic E-state index is 5.87. The van der Waals surface area contributed by atoms with E-state index in [4.69, 9.17) is 9.47 Å². The van der Waals surface area contributed by atoms with E-state index >= 15 is 0 Å². The summed E-state index contributed by atoms with van der Waals surface area (Å²) in [5.74, 6) is 0. The first-order valence-electron chi connectivity index (χ1n) is 7.97. The monoisotopic (exact) mass is 269 g/mol. The van der Waals surface area contributed by atoms with Crippen LogP contribution in [0, 0.1) is 10.8 Å². The lowest BCUT2D eigenvalue weighted by Crippen LogP contribution is -2.63. The van der Waals surface area contributed by atoms with E-state index in [0.717, 1.165) is 26.4 Å². The molecule has 0 spiro atoms. The van der Waals surface area contributed by atoms with Crippen molar-refractivity contribution in [2.75, 3.05) is 26.4 Å². The Bertz CT molecular complexity index is 288. The van der Waals surface area contributed by atoms with Gasteiger partial charge in [0, 0.05) is 37.8 Å². The predicted molar refractivity (Wildman–Crippen MR) is 78.4 cm³/mol. The molecule has 0 amide bonds. The van der Waals surface area contributed by atoms with E-state index < -0.39 is 0 Å². The Morgan fingerprint density at radius 1 is 1.21 bits per heavy atom. The third-order valence-corrected chi connectivity index (χ3v) is 5.59. The minimum absolute atomic E-state index is 0.317. The van der Waals surface area contributed by atoms with Crippen LogP contribution in [0.2, 0.25) is 0 Å². The SMILES string of the molecule is CCOC1CC(NCC2(C)CCOCC2)C1(C)CC. The summed E-state index contributed by atoms with van der Waals surface area (Å²) in [7, 11) is 0. The van der Waals surface area contributed by atoms with Gasteiger partial charge in [-0.1, -0.05) is 20.8 Å². The molecule has 19 heavy (non-hydrogen) atoms. The molecule has 3 nitrogen and oxygen atoms in total. The van der Waals surface area contributed by atoms with Gasteiger partial charge in [0.2, 0.25) is 0 Å². The first kappa shape index (κ1) is 15.3. The van der Waals surface area contributed by atoms with Gasteiger partial charge in [0.15, 0.2) is 0 Å². The van der Waals surface area contributed by atoms with Crippen LogP contribution in [0.15, 0.2) is 0 Å². The van der Waals surface area contributed by atoms with Gasteiger partial charge in [0.05, 0.1) is 6.10 Å². The molecule has 0 bridgehead atoms. The van der Waals surface area contributed by atoms with Gasteiger partial charge in [-0.3, -0.25) is 0 Å². The van der Waals surface area contributed by atoms with Gasteiger partial charge in [-0.15, -0.1) is 0 Å². The highest BCUT2D eigenvalue weighted by Gasteiger charge is 2.51. The quantitative estimate of drug-likeness (QED) is 0.804. The lowest BCUT2D eigenvalue weighted by Gasteiger charge is -2.54. The fraction of sp³-hybridized carbons (Fsp3) is 1.00. The van der Waals surface area contributed by atoms with Crippen molar-refractivity contribution in [1.82, 2.24) is 5.32 Å². The molecule has 0 radical (unpaired) electrons. The van der Waals surface area contributed by atoms with Gasteiger partial charge >= 0.3 is 0 Å². The summed E-state index contributed by atoms with van der Waals surface area (Å²) in [5, 5.41) is 3.82. The molecule has 3 heteroatoms. The zero-order valence-corrected chi connectivity index (χ0v) is 13.1. The van der Waals surface area contributed by atoms with E-state index in [1.54, 1.807) is 0 Å². The average Bonchev–Trinajstić information content (AvgIpc) is 2.41. The Balaban J connectivity index is 1.83. The molecule has 2 aliphatic rings. The molecule has 0 aromatic heterocycles. The molecule has 2 rings (SSSR count). The average molecular weight is 269 g/mol. The molecule has 112 valence electrons. The highest BCUT2D eigenvalue weighted by molar-refractivity contribution is 5.05. The van der Waals surface area contributed by atoms with Crippen LogP contribution in [0.1, 0.15) is 53.4 Å². The van der Waals surface area contributed by atoms with Crippen LogP contribution >= 0.6 is 0 Å². The summed E-state index contributed by atoms with van der Waals surface area (Å²) >= 11 is 0. The van der Waals surface area contributed by atoms with Crippen LogP contribution < -0.4 is 5.32 Å². The first-order valence-corrected chi connectivity index (χ1v) is 7.97. The third-order valence-electron chi connectivity index (χ3n) is 5.59. The fourth-order valence-electron chi connectivity index (χ4n) is 3.48. The molecule has 1 saturated heterocycles. The van der Waals surface area contributed by atoms with Gasteiger partial charge in [0.25, 0.3) is 0 Å². The Hall–Kier alpha value is -0.120. The maximum atomic E-state index is 5.87. The summed E-state index contributed by atoms with van der Waals surface area (Å²) in [6, 6.07) is 0.619. The second kappa shape index (κ2) is 6.11. The molecule has 1 aliphatic heterocycles. The van der Waals surface area contributed by atoms with Crippen molar-refractivity contribution in [3.8, 4) is 0 Å². The lowest BCUT2D eigenvalue weighted by molar-refractivity contribution is -0.128. The smallest absolute Gasteiger partial charge is 0.0658 e. The Labute approximate surface area is 118 Å². The van der Waals surface area contributed by atoms with Crippen LogP contribution in [0.4, 0.5) is 0 Å². The highest BCUT2D eigenvalue weighted by atomic mass is 16.5. The zero-order chi connectivity index (χ0) is 13.9. The van der Waals surface area contributed by atoms with E-state index in [1.165, 1.54) is 25.7 Å². The standard InChI is InChI=1S/C16H31NO2/c1-5-16(4)13(11-14(16)19-6-2)17-12-15(3)7-9-18-10-8-15/h13-14,17H,5-12H2,1-4H3. The first-order chi connectivity index (χ1) is 9.04. The molecule has 2 fully saturated rings. The molecule has 1 N–H and O–H groups in total. The number of hydrogen-bond donors (Lipinski definition) is 1. The van der Waals surface area contributed by atoms with Crippen LogP contribution in [-0.4, -0.2) is 38.5 Å². The molecule has 1 heterocycles. The van der Waals surface area contributed by atoms with E-state index in [9.17, 15) is 0 Å². The molecular weight excluding hydrogens is 238 g/mol. The topological polar surface area (TPSA) is 30.5 Å². The van der Waals surface area contributed by atoms with E-state index in [-0.39, 0.29) is 0 Å². The number of nitrogens with one attached hydrogen (secondary N) is 1. The zero-order valence-electron chi connectivity index (χ0n) is 13.1. The van der Waals surface area contributed by atoms with Crippen molar-refractivity contribution in [2.45, 2.75) is 65.5 Å². The maximum Gasteiger partial charge on any atom is 0.0658 e. The molecule has 1 aliphatic carbocycles. The van der Waals surface area contributed by atoms with E-state index in [1.807, 2.05) is 0 Å². The molecule has 0 aromatic rings. The van der Waals surface area contributed by atoms with E-state index in [2.05, 4.69) is 33.0 Å². The van der Waals surface area contributed by atoms with Gasteiger partial charge in [-0.25, -0.2) is 0 Å². The molecule has 0 aromatic carbocycles. The van der Waals surface area contributed by atoms with Crippen LogP contribution in [0.5, 0.6) is 0 Å². The minimum Gasteiger partial charge on any atom is -0.381 e. The summed E-state index contributed by atoms with van der Waals surface area (Å²) < 4.78 is 11.3. The summed E-state index contributed by atoms with van der Waals surface area (Å²) in [6.07, 6.45) is 5.18. The Morgan fingerprint density at radius 2 is 1.89 bits per heavy atom. The summed E-state index contributed by atoms with van der Waals surface area (Å²) in [6.45, 7) is 13.0. The molecule has 1 saturated carbocycles. The van der Waals surface area contributed by atoms with Gasteiger partial charge < -0.3 is 14.8 Å². The van der Waals surface area contributed by atoms with Crippen LogP contribution in [-0.2, 0) is 9.47 Å². The van der Waals surface area contributed by atoms with Crippen molar-refractivity contribution >= 4 is 0 Å². The van der Waals surface area contributed by atoms with Crippen LogP contribution in [0.3, 0.4) is 0 Å². The molecular formula is C16H31NO2. The predicted octanol–water partition coefficient (Wildman–Crippen LogP) is 2.99. The van der Waals surface area contributed by atoms with Crippen molar-refractivity contribution in [3.63, 3.8) is 0 Å². The van der Waals surface area contributed by atoms with Crippen molar-refractivity contribution in [3.05, 3.63) is 0 Å². The molecule has 3 unspecified atom stereocenters. The highest BCUT2D eigenvalue weighted by Crippen LogP contribution is 2.46. The van der Waals surface area contributed by atoms with Crippen molar-refractivity contribution in [1.29, 1.82) is 0 Å². The number of ether oxygens (including phenoxy) is 2. The van der Waals surface area contributed by atoms with Gasteiger partial charge in [0.1, 0.15) is 0 Å². The lowest BCUT2D eigenvalue weighted by atomic mass is 9.61. The number of hydrogen-bond acceptors (Lipinski definition) is 3. The molecule has 3 atom stereocenters. The minimum atomic E-state index is 0.317. The second-order valence-electron chi connectivity index (χ2n) is 6.90. The van der Waals surface area contributed by atoms with Crippen LogP contribution in [0.25, 0.3) is 0 Å². The van der Waals surface area contributed by atoms with Crippen molar-refractivity contribution < 1.29 is 9.47 Å². The second-order valence-corrected chi connectivity index (χ2v) is 6.90. The summed E-state index contributed by atoms with van der Waals surface area (Å²) in [5.41, 5.74) is 0.737. The number of rotatable bonds is 6. The fourth-order valence-corrected chi connectivity index (χ4v) is 3.48.